The summed E-state index contributed by atoms with van der Waals surface area (Å²) < 4.78 is 10.5. The summed E-state index contributed by atoms with van der Waals surface area (Å²) in [7, 11) is 0. The number of ether oxygens (including phenoxy) is 2. The number of amides is 1. The Labute approximate surface area is 137 Å². The first kappa shape index (κ1) is 14.8. The Bertz CT molecular complexity index is 722. The van der Waals surface area contributed by atoms with Gasteiger partial charge in [-0.25, -0.2) is 0 Å². The summed E-state index contributed by atoms with van der Waals surface area (Å²) in [6.45, 7) is 0.301. The van der Waals surface area contributed by atoms with Crippen molar-refractivity contribution in [1.82, 2.24) is 0 Å². The van der Waals surface area contributed by atoms with Gasteiger partial charge in [-0.2, -0.15) is 0 Å². The second-order valence-corrected chi connectivity index (χ2v) is 5.44. The van der Waals surface area contributed by atoms with Crippen LogP contribution in [0.15, 0.2) is 36.4 Å². The summed E-state index contributed by atoms with van der Waals surface area (Å²) in [5.74, 6) is 1.12. The highest BCUT2D eigenvalue weighted by molar-refractivity contribution is 6.35. The molecular weight excluding hydrogens is 327 g/mol. The van der Waals surface area contributed by atoms with Gasteiger partial charge in [0.15, 0.2) is 11.5 Å². The van der Waals surface area contributed by atoms with Gasteiger partial charge >= 0.3 is 0 Å². The molecule has 0 unspecified atom stereocenters. The third-order valence-electron chi connectivity index (χ3n) is 3.03. The van der Waals surface area contributed by atoms with Crippen LogP contribution >= 0.6 is 23.2 Å². The van der Waals surface area contributed by atoms with Crippen LogP contribution in [0.5, 0.6) is 11.5 Å². The van der Waals surface area contributed by atoms with E-state index in [1.165, 1.54) is 0 Å². The Kier molecular flexibility index (Phi) is 4.27. The van der Waals surface area contributed by atoms with E-state index < -0.39 is 0 Å². The monoisotopic (exact) mass is 338 g/mol. The highest BCUT2D eigenvalue weighted by Crippen LogP contribution is 2.34. The van der Waals surface area contributed by atoms with Gasteiger partial charge in [-0.05, 0) is 30.3 Å². The van der Waals surface area contributed by atoms with Gasteiger partial charge in [-0.3, -0.25) is 4.79 Å². The fourth-order valence-electron chi connectivity index (χ4n) is 1.98. The van der Waals surface area contributed by atoms with Crippen LogP contribution in [0.1, 0.15) is 0 Å². The molecular formula is C15H12Cl2N2O3. The summed E-state index contributed by atoms with van der Waals surface area (Å²) in [6.07, 6.45) is 0. The second-order valence-electron chi connectivity index (χ2n) is 4.59. The van der Waals surface area contributed by atoms with Gasteiger partial charge in [0.25, 0.3) is 0 Å². The molecule has 0 bridgehead atoms. The maximum atomic E-state index is 12.0. The smallest absolute Gasteiger partial charge is 0.243 e. The molecule has 1 aliphatic rings. The molecule has 114 valence electrons. The van der Waals surface area contributed by atoms with Crippen molar-refractivity contribution in [2.24, 2.45) is 0 Å². The predicted molar refractivity (Wildman–Crippen MR) is 86.1 cm³/mol. The van der Waals surface area contributed by atoms with Crippen LogP contribution in [-0.2, 0) is 4.79 Å². The summed E-state index contributed by atoms with van der Waals surface area (Å²) in [5, 5.41) is 6.64. The van der Waals surface area contributed by atoms with E-state index in [1.807, 2.05) is 6.07 Å². The van der Waals surface area contributed by atoms with E-state index in [1.54, 1.807) is 30.3 Å². The van der Waals surface area contributed by atoms with Crippen molar-refractivity contribution >= 4 is 40.5 Å². The van der Waals surface area contributed by atoms with E-state index in [9.17, 15) is 4.79 Å². The van der Waals surface area contributed by atoms with Crippen LogP contribution in [0, 0.1) is 0 Å². The largest absolute Gasteiger partial charge is 0.454 e. The first-order valence-electron chi connectivity index (χ1n) is 6.50. The van der Waals surface area contributed by atoms with Gasteiger partial charge in [0.1, 0.15) is 0 Å². The molecule has 0 saturated carbocycles. The zero-order valence-electron chi connectivity index (χ0n) is 11.4. The molecule has 5 nitrogen and oxygen atoms in total. The van der Waals surface area contributed by atoms with Crippen molar-refractivity contribution in [3.63, 3.8) is 0 Å². The number of carbonyl (C=O) groups excluding carboxylic acids is 1. The van der Waals surface area contributed by atoms with E-state index in [0.29, 0.717) is 27.2 Å². The molecule has 0 aliphatic carbocycles. The predicted octanol–water partition coefficient (Wildman–Crippen LogP) is 3.77. The first-order valence-corrected chi connectivity index (χ1v) is 7.26. The lowest BCUT2D eigenvalue weighted by Gasteiger charge is -2.10. The lowest BCUT2D eigenvalue weighted by Crippen LogP contribution is -2.21. The van der Waals surface area contributed by atoms with Crippen LogP contribution < -0.4 is 20.1 Å². The molecule has 1 heterocycles. The molecule has 2 aromatic rings. The molecule has 0 fully saturated rings. The van der Waals surface area contributed by atoms with Gasteiger partial charge in [0.05, 0.1) is 17.3 Å². The molecule has 0 aromatic heterocycles. The van der Waals surface area contributed by atoms with Gasteiger partial charge in [-0.1, -0.05) is 23.2 Å². The van der Waals surface area contributed by atoms with Crippen LogP contribution in [0.2, 0.25) is 10.0 Å². The Hall–Kier alpha value is -2.11. The van der Waals surface area contributed by atoms with Crippen LogP contribution in [0.4, 0.5) is 11.4 Å². The highest BCUT2D eigenvalue weighted by atomic mass is 35.5. The van der Waals surface area contributed by atoms with Gasteiger partial charge in [0.2, 0.25) is 12.7 Å². The maximum absolute atomic E-state index is 12.0. The van der Waals surface area contributed by atoms with E-state index >= 15 is 0 Å². The molecule has 0 spiro atoms. The zero-order valence-corrected chi connectivity index (χ0v) is 12.9. The SMILES string of the molecule is O=C(CNc1ccc2c(c1)OCO2)Nc1cc(Cl)ccc1Cl. The number of anilines is 2. The molecule has 1 aliphatic heterocycles. The normalized spacial score (nSPS) is 12.1. The molecule has 0 saturated heterocycles. The molecule has 2 aromatic carbocycles. The number of hydrogen-bond donors (Lipinski definition) is 2. The molecule has 0 radical (unpaired) electrons. The highest BCUT2D eigenvalue weighted by Gasteiger charge is 2.13. The summed E-state index contributed by atoms with van der Waals surface area (Å²) in [4.78, 5) is 12.0. The minimum absolute atomic E-state index is 0.0858. The first-order chi connectivity index (χ1) is 10.6. The third kappa shape index (κ3) is 3.37. The van der Waals surface area contributed by atoms with Crippen LogP contribution in [0.3, 0.4) is 0 Å². The van der Waals surface area contributed by atoms with Crippen LogP contribution in [-0.4, -0.2) is 19.2 Å². The van der Waals surface area contributed by atoms with Crippen molar-refractivity contribution in [3.05, 3.63) is 46.4 Å². The number of halogens is 2. The van der Waals surface area contributed by atoms with Crippen LogP contribution in [0.25, 0.3) is 0 Å². The Morgan fingerprint density at radius 3 is 2.77 bits per heavy atom. The van der Waals surface area contributed by atoms with E-state index in [-0.39, 0.29) is 19.2 Å². The summed E-state index contributed by atoms with van der Waals surface area (Å²) >= 11 is 11.9. The van der Waals surface area contributed by atoms with Gasteiger partial charge in [0, 0.05) is 16.8 Å². The molecule has 22 heavy (non-hydrogen) atoms. The number of hydrogen-bond acceptors (Lipinski definition) is 4. The lowest BCUT2D eigenvalue weighted by atomic mass is 10.2. The maximum Gasteiger partial charge on any atom is 0.243 e. The average molecular weight is 339 g/mol. The minimum atomic E-state index is -0.234. The van der Waals surface area contributed by atoms with Crippen molar-refractivity contribution in [3.8, 4) is 11.5 Å². The van der Waals surface area contributed by atoms with E-state index in [2.05, 4.69) is 10.6 Å². The van der Waals surface area contributed by atoms with Crippen molar-refractivity contribution in [2.45, 2.75) is 0 Å². The van der Waals surface area contributed by atoms with E-state index in [0.717, 1.165) is 5.69 Å². The quantitative estimate of drug-likeness (QED) is 0.890. The lowest BCUT2D eigenvalue weighted by molar-refractivity contribution is -0.114. The minimum Gasteiger partial charge on any atom is -0.454 e. The standard InChI is InChI=1S/C15H12Cl2N2O3/c16-9-1-3-11(17)12(5-9)19-15(20)7-18-10-2-4-13-14(6-10)22-8-21-13/h1-6,18H,7-8H2,(H,19,20). The fraction of sp³-hybridized carbons (Fsp3) is 0.133. The second kappa shape index (κ2) is 6.34. The Balaban J connectivity index is 1.59. The van der Waals surface area contributed by atoms with Crippen molar-refractivity contribution in [2.75, 3.05) is 24.0 Å². The Morgan fingerprint density at radius 1 is 1.09 bits per heavy atom. The molecule has 3 rings (SSSR count). The number of rotatable bonds is 4. The van der Waals surface area contributed by atoms with Crippen molar-refractivity contribution in [1.29, 1.82) is 0 Å². The number of nitrogens with one attached hydrogen (secondary N) is 2. The fourth-order valence-corrected chi connectivity index (χ4v) is 2.31. The molecule has 7 heteroatoms. The number of fused-ring (bicyclic) bond motifs is 1. The number of carbonyl (C=O) groups is 1. The van der Waals surface area contributed by atoms with Crippen molar-refractivity contribution < 1.29 is 14.3 Å². The van der Waals surface area contributed by atoms with Gasteiger partial charge < -0.3 is 20.1 Å². The third-order valence-corrected chi connectivity index (χ3v) is 3.59. The number of benzene rings is 2. The zero-order chi connectivity index (χ0) is 15.5. The van der Waals surface area contributed by atoms with E-state index in [4.69, 9.17) is 32.7 Å². The molecule has 2 N–H and O–H groups in total. The topological polar surface area (TPSA) is 59.6 Å². The summed E-state index contributed by atoms with van der Waals surface area (Å²) in [5.41, 5.74) is 1.24. The average Bonchev–Trinajstić information content (AvgIpc) is 2.96. The summed E-state index contributed by atoms with van der Waals surface area (Å²) in [6, 6.07) is 10.3. The molecule has 0 atom stereocenters. The van der Waals surface area contributed by atoms with Gasteiger partial charge in [-0.15, -0.1) is 0 Å². The Morgan fingerprint density at radius 2 is 1.91 bits per heavy atom. The molecule has 1 amide bonds.